The number of rotatable bonds is 2. The molecule has 4 heteroatoms. The molecule has 0 saturated heterocycles. The highest BCUT2D eigenvalue weighted by atomic mass is 16.3. The van der Waals surface area contributed by atoms with E-state index in [-0.39, 0.29) is 0 Å². The molecule has 0 amide bonds. The molecule has 4 nitrogen and oxygen atoms in total. The van der Waals surface area contributed by atoms with Gasteiger partial charge in [0.15, 0.2) is 5.82 Å². The second-order valence-corrected chi connectivity index (χ2v) is 3.00. The summed E-state index contributed by atoms with van der Waals surface area (Å²) < 4.78 is 5.23. The Hall–Kier alpha value is -2.28. The van der Waals surface area contributed by atoms with Gasteiger partial charge >= 0.3 is 0 Å². The van der Waals surface area contributed by atoms with Gasteiger partial charge in [-0.15, -0.1) is 0 Å². The number of furan rings is 1. The van der Waals surface area contributed by atoms with Crippen molar-refractivity contribution in [2.24, 2.45) is 0 Å². The molecule has 0 fully saturated rings. The molecule has 0 unspecified atom stereocenters. The van der Waals surface area contributed by atoms with Gasteiger partial charge in [0.1, 0.15) is 6.07 Å². The molecule has 0 bridgehead atoms. The Morgan fingerprint density at radius 2 is 2.27 bits per heavy atom. The van der Waals surface area contributed by atoms with Gasteiger partial charge in [-0.1, -0.05) is 0 Å². The number of hydrogen-bond donors (Lipinski definition) is 0. The van der Waals surface area contributed by atoms with Crippen molar-refractivity contribution >= 4 is 11.7 Å². The fourth-order valence-corrected chi connectivity index (χ4v) is 1.32. The normalized spacial score (nSPS) is 9.60. The summed E-state index contributed by atoms with van der Waals surface area (Å²) in [6.45, 7) is 0. The molecule has 0 N–H and O–H groups in total. The molecule has 2 aromatic rings. The minimum atomic E-state index is 0.524. The SMILES string of the molecule is CN(c1ccco1)c1ncccc1C#N. The maximum absolute atomic E-state index is 8.92. The topological polar surface area (TPSA) is 53.1 Å². The molecule has 0 atom stereocenters. The number of nitriles is 1. The van der Waals surface area contributed by atoms with Crippen LogP contribution in [0.5, 0.6) is 0 Å². The minimum Gasteiger partial charge on any atom is -0.448 e. The molecule has 0 aromatic carbocycles. The molecular weight excluding hydrogens is 190 g/mol. The standard InChI is InChI=1S/C11H9N3O/c1-14(10-5-3-7-15-10)11-9(8-12)4-2-6-13-11/h2-7H,1H3. The lowest BCUT2D eigenvalue weighted by Gasteiger charge is -2.15. The van der Waals surface area contributed by atoms with E-state index < -0.39 is 0 Å². The van der Waals surface area contributed by atoms with Gasteiger partial charge in [0.25, 0.3) is 0 Å². The molecule has 74 valence electrons. The number of anilines is 2. The Morgan fingerprint density at radius 3 is 2.93 bits per heavy atom. The molecule has 2 rings (SSSR count). The summed E-state index contributed by atoms with van der Waals surface area (Å²) in [4.78, 5) is 5.88. The molecule has 15 heavy (non-hydrogen) atoms. The minimum absolute atomic E-state index is 0.524. The van der Waals surface area contributed by atoms with Crippen LogP contribution in [-0.2, 0) is 0 Å². The lowest BCUT2D eigenvalue weighted by molar-refractivity contribution is 0.569. The van der Waals surface area contributed by atoms with Crippen LogP contribution in [0.1, 0.15) is 5.56 Å². The van der Waals surface area contributed by atoms with E-state index in [0.717, 1.165) is 0 Å². The molecule has 2 aromatic heterocycles. The third kappa shape index (κ3) is 1.67. The van der Waals surface area contributed by atoms with Gasteiger partial charge in [-0.2, -0.15) is 5.26 Å². The van der Waals surface area contributed by atoms with Crippen LogP contribution >= 0.6 is 0 Å². The summed E-state index contributed by atoms with van der Waals surface area (Å²) in [6.07, 6.45) is 3.23. The van der Waals surface area contributed by atoms with Crippen molar-refractivity contribution in [3.05, 3.63) is 42.3 Å². The lowest BCUT2D eigenvalue weighted by Crippen LogP contribution is -2.11. The maximum atomic E-state index is 8.92. The zero-order valence-electron chi connectivity index (χ0n) is 8.21. The van der Waals surface area contributed by atoms with Crippen LogP contribution in [0, 0.1) is 11.3 Å². The fraction of sp³-hybridized carbons (Fsp3) is 0.0909. The summed E-state index contributed by atoms with van der Waals surface area (Å²) >= 11 is 0. The Bertz CT molecular complexity index is 485. The van der Waals surface area contributed by atoms with Crippen LogP contribution < -0.4 is 4.90 Å². The highest BCUT2D eigenvalue weighted by molar-refractivity contribution is 5.61. The summed E-state index contributed by atoms with van der Waals surface area (Å²) in [5.74, 6) is 1.25. The summed E-state index contributed by atoms with van der Waals surface area (Å²) in [5.41, 5.74) is 0.524. The molecule has 2 heterocycles. The molecular formula is C11H9N3O. The second kappa shape index (κ2) is 3.84. The number of hydrogen-bond acceptors (Lipinski definition) is 4. The third-order valence-corrected chi connectivity index (χ3v) is 2.06. The Kier molecular flexibility index (Phi) is 2.38. The zero-order valence-corrected chi connectivity index (χ0v) is 8.21. The first kappa shape index (κ1) is 9.28. The van der Waals surface area contributed by atoms with Crippen molar-refractivity contribution in [3.8, 4) is 6.07 Å². The summed E-state index contributed by atoms with van der Waals surface area (Å²) in [7, 11) is 1.81. The second-order valence-electron chi connectivity index (χ2n) is 3.00. The number of pyridine rings is 1. The van der Waals surface area contributed by atoms with E-state index in [9.17, 15) is 0 Å². The van der Waals surface area contributed by atoms with Crippen LogP contribution in [0.3, 0.4) is 0 Å². The van der Waals surface area contributed by atoms with E-state index in [1.165, 1.54) is 0 Å². The Balaban J connectivity index is 2.42. The highest BCUT2D eigenvalue weighted by Crippen LogP contribution is 2.24. The van der Waals surface area contributed by atoms with E-state index in [2.05, 4.69) is 11.1 Å². The van der Waals surface area contributed by atoms with Crippen LogP contribution in [0.4, 0.5) is 11.7 Å². The third-order valence-electron chi connectivity index (χ3n) is 2.06. The molecule has 0 aliphatic carbocycles. The van der Waals surface area contributed by atoms with Gasteiger partial charge in [-0.05, 0) is 18.2 Å². The van der Waals surface area contributed by atoms with E-state index >= 15 is 0 Å². The largest absolute Gasteiger partial charge is 0.448 e. The maximum Gasteiger partial charge on any atom is 0.200 e. The quantitative estimate of drug-likeness (QED) is 0.744. The van der Waals surface area contributed by atoms with Crippen LogP contribution in [0.2, 0.25) is 0 Å². The predicted octanol–water partition coefficient (Wildman–Crippen LogP) is 2.31. The zero-order chi connectivity index (χ0) is 10.7. The first-order valence-corrected chi connectivity index (χ1v) is 4.45. The van der Waals surface area contributed by atoms with E-state index in [4.69, 9.17) is 9.68 Å². The van der Waals surface area contributed by atoms with E-state index in [0.29, 0.717) is 17.3 Å². The molecule has 0 aliphatic rings. The van der Waals surface area contributed by atoms with Crippen LogP contribution in [0.15, 0.2) is 41.1 Å². The summed E-state index contributed by atoms with van der Waals surface area (Å²) in [6, 6.07) is 9.16. The predicted molar refractivity (Wildman–Crippen MR) is 55.7 cm³/mol. The molecule has 0 aliphatic heterocycles. The molecule has 0 spiro atoms. The first-order chi connectivity index (χ1) is 7.33. The van der Waals surface area contributed by atoms with E-state index in [1.54, 1.807) is 35.6 Å². The van der Waals surface area contributed by atoms with Crippen molar-refractivity contribution < 1.29 is 4.42 Å². The Morgan fingerprint density at radius 1 is 1.40 bits per heavy atom. The van der Waals surface area contributed by atoms with Gasteiger partial charge in [0.05, 0.1) is 11.8 Å². The fourth-order valence-electron chi connectivity index (χ4n) is 1.32. The highest BCUT2D eigenvalue weighted by Gasteiger charge is 2.11. The van der Waals surface area contributed by atoms with Gasteiger partial charge in [0, 0.05) is 19.3 Å². The van der Waals surface area contributed by atoms with Gasteiger partial charge in [-0.25, -0.2) is 4.98 Å². The monoisotopic (exact) mass is 199 g/mol. The van der Waals surface area contributed by atoms with Crippen molar-refractivity contribution in [1.29, 1.82) is 5.26 Å². The van der Waals surface area contributed by atoms with Crippen molar-refractivity contribution in [2.75, 3.05) is 11.9 Å². The lowest BCUT2D eigenvalue weighted by atomic mass is 10.2. The van der Waals surface area contributed by atoms with Crippen molar-refractivity contribution in [1.82, 2.24) is 4.98 Å². The molecule has 0 saturated carbocycles. The Labute approximate surface area is 87.4 Å². The smallest absolute Gasteiger partial charge is 0.200 e. The van der Waals surface area contributed by atoms with Crippen molar-refractivity contribution in [3.63, 3.8) is 0 Å². The van der Waals surface area contributed by atoms with Crippen LogP contribution in [0.25, 0.3) is 0 Å². The average Bonchev–Trinajstić information content (AvgIpc) is 2.81. The van der Waals surface area contributed by atoms with Gasteiger partial charge in [0.2, 0.25) is 5.88 Å². The molecule has 0 radical (unpaired) electrons. The van der Waals surface area contributed by atoms with Gasteiger partial charge < -0.3 is 4.42 Å². The van der Waals surface area contributed by atoms with Crippen molar-refractivity contribution in [2.45, 2.75) is 0 Å². The first-order valence-electron chi connectivity index (χ1n) is 4.45. The van der Waals surface area contributed by atoms with Crippen LogP contribution in [-0.4, -0.2) is 12.0 Å². The summed E-state index contributed by atoms with van der Waals surface area (Å²) in [5, 5.41) is 8.92. The van der Waals surface area contributed by atoms with E-state index in [1.807, 2.05) is 13.1 Å². The average molecular weight is 199 g/mol. The number of aromatic nitrogens is 1. The number of nitrogens with zero attached hydrogens (tertiary/aromatic N) is 3. The van der Waals surface area contributed by atoms with Gasteiger partial charge in [-0.3, -0.25) is 4.90 Å².